The van der Waals surface area contributed by atoms with Crippen LogP contribution in [0.25, 0.3) is 0 Å². The Morgan fingerprint density at radius 2 is 1.73 bits per heavy atom. The van der Waals surface area contributed by atoms with Crippen molar-refractivity contribution in [1.82, 2.24) is 4.90 Å². The molecule has 0 aromatic heterocycles. The van der Waals surface area contributed by atoms with Gasteiger partial charge in [-0.2, -0.15) is 0 Å². The van der Waals surface area contributed by atoms with E-state index in [0.717, 1.165) is 17.1 Å². The number of hydrogen-bond acceptors (Lipinski definition) is 4. The number of halogens is 2. The number of ketones is 1. The topological polar surface area (TPSA) is 40.6 Å². The Morgan fingerprint density at radius 1 is 0.939 bits per heavy atom. The Hall–Kier alpha value is -2.47. The third kappa shape index (κ3) is 5.72. The van der Waals surface area contributed by atoms with Gasteiger partial charge in [-0.15, -0.1) is 11.8 Å². The maximum Gasteiger partial charge on any atom is 0.254 e. The molecule has 0 radical (unpaired) electrons. The molecule has 3 aromatic carbocycles. The van der Waals surface area contributed by atoms with E-state index in [0.29, 0.717) is 40.0 Å². The van der Waals surface area contributed by atoms with E-state index >= 15 is 0 Å². The van der Waals surface area contributed by atoms with Gasteiger partial charge >= 0.3 is 0 Å². The van der Waals surface area contributed by atoms with E-state index in [9.17, 15) is 9.59 Å². The molecule has 1 atom stereocenters. The summed E-state index contributed by atoms with van der Waals surface area (Å²) in [5.41, 5.74) is 2.30. The molecule has 1 aliphatic heterocycles. The molecular weight excluding hydrogens is 475 g/mol. The highest BCUT2D eigenvalue weighted by Crippen LogP contribution is 2.30. The van der Waals surface area contributed by atoms with Crippen LogP contribution in [0, 0.1) is 0 Å². The molecule has 0 saturated carbocycles. The number of carbonyl (C=O) groups is 2. The normalized spacial score (nSPS) is 16.0. The summed E-state index contributed by atoms with van der Waals surface area (Å²) in [6, 6.07) is 22.5. The minimum Gasteiger partial charge on any atom is -0.365 e. The van der Waals surface area contributed by atoms with Crippen molar-refractivity contribution in [2.75, 3.05) is 30.3 Å². The van der Waals surface area contributed by atoms with Crippen molar-refractivity contribution >= 4 is 52.3 Å². The number of rotatable bonds is 6. The van der Waals surface area contributed by atoms with Gasteiger partial charge in [0.15, 0.2) is 5.78 Å². The first-order chi connectivity index (χ1) is 15.9. The summed E-state index contributed by atoms with van der Waals surface area (Å²) in [6.45, 7) is 4.08. The Balaban J connectivity index is 1.38. The first kappa shape index (κ1) is 23.7. The van der Waals surface area contributed by atoms with E-state index in [1.165, 1.54) is 11.8 Å². The molecule has 3 aromatic rings. The molecule has 0 spiro atoms. The molecule has 0 aliphatic carbocycles. The molecular formula is C26H24Cl2N2O2S. The monoisotopic (exact) mass is 498 g/mol. The smallest absolute Gasteiger partial charge is 0.254 e. The van der Waals surface area contributed by atoms with E-state index in [2.05, 4.69) is 11.8 Å². The van der Waals surface area contributed by atoms with Crippen molar-refractivity contribution in [1.29, 1.82) is 0 Å². The average molecular weight is 499 g/mol. The van der Waals surface area contributed by atoms with Crippen LogP contribution in [0.2, 0.25) is 10.0 Å². The van der Waals surface area contributed by atoms with Crippen LogP contribution >= 0.6 is 35.0 Å². The van der Waals surface area contributed by atoms with Crippen molar-refractivity contribution in [3.63, 3.8) is 0 Å². The van der Waals surface area contributed by atoms with E-state index < -0.39 is 0 Å². The van der Waals surface area contributed by atoms with Crippen LogP contribution in [-0.2, 0) is 0 Å². The summed E-state index contributed by atoms with van der Waals surface area (Å²) in [4.78, 5) is 30.4. The second-order valence-electron chi connectivity index (χ2n) is 8.00. The minimum atomic E-state index is -0.0357. The largest absolute Gasteiger partial charge is 0.365 e. The lowest BCUT2D eigenvalue weighted by atomic mass is 10.1. The maximum atomic E-state index is 13.1. The number of anilines is 1. The van der Waals surface area contributed by atoms with Crippen LogP contribution < -0.4 is 4.90 Å². The summed E-state index contributed by atoms with van der Waals surface area (Å²) in [7, 11) is 0. The first-order valence-electron chi connectivity index (χ1n) is 10.7. The molecule has 4 nitrogen and oxygen atoms in total. The predicted molar refractivity (Wildman–Crippen MR) is 137 cm³/mol. The summed E-state index contributed by atoms with van der Waals surface area (Å²) in [5.74, 6) is 0.301. The summed E-state index contributed by atoms with van der Waals surface area (Å²) >= 11 is 14.0. The fraction of sp³-hybridized carbons (Fsp3) is 0.231. The van der Waals surface area contributed by atoms with Gasteiger partial charge in [0.2, 0.25) is 0 Å². The van der Waals surface area contributed by atoms with E-state index in [4.69, 9.17) is 23.2 Å². The van der Waals surface area contributed by atoms with Gasteiger partial charge in [-0.25, -0.2) is 0 Å². The third-order valence-electron chi connectivity index (χ3n) is 5.69. The summed E-state index contributed by atoms with van der Waals surface area (Å²) < 4.78 is 0. The van der Waals surface area contributed by atoms with Crippen molar-refractivity contribution in [3.8, 4) is 0 Å². The Morgan fingerprint density at radius 3 is 2.42 bits per heavy atom. The van der Waals surface area contributed by atoms with Gasteiger partial charge in [0, 0.05) is 52.4 Å². The van der Waals surface area contributed by atoms with Gasteiger partial charge in [-0.1, -0.05) is 59.6 Å². The number of nitrogens with zero attached hydrogens (tertiary/aromatic N) is 2. The van der Waals surface area contributed by atoms with Crippen molar-refractivity contribution < 1.29 is 9.59 Å². The number of hydrogen-bond donors (Lipinski definition) is 0. The van der Waals surface area contributed by atoms with Crippen LogP contribution in [-0.4, -0.2) is 48.0 Å². The maximum absolute atomic E-state index is 13.1. The molecule has 7 heteroatoms. The zero-order chi connectivity index (χ0) is 23.4. The lowest BCUT2D eigenvalue weighted by Crippen LogP contribution is -2.53. The molecule has 1 heterocycles. The van der Waals surface area contributed by atoms with Crippen LogP contribution in [0.5, 0.6) is 0 Å². The Kier molecular flexibility index (Phi) is 7.63. The Labute approximate surface area is 208 Å². The summed E-state index contributed by atoms with van der Waals surface area (Å²) in [5, 5.41) is 1.19. The number of carbonyl (C=O) groups excluding carboxylic acids is 2. The van der Waals surface area contributed by atoms with Gasteiger partial charge in [0.1, 0.15) is 0 Å². The quantitative estimate of drug-likeness (QED) is 0.294. The second kappa shape index (κ2) is 10.6. The number of piperazine rings is 1. The lowest BCUT2D eigenvalue weighted by molar-refractivity contribution is 0.0726. The molecule has 1 fully saturated rings. The summed E-state index contributed by atoms with van der Waals surface area (Å²) in [6.07, 6.45) is 0. The SMILES string of the molecule is C[C@H]1CN(C(=O)c2ccc(SCC(=O)c3ccccc3)c(Cl)c2)CCN1c1cccc(Cl)c1. The van der Waals surface area contributed by atoms with Crippen molar-refractivity contribution in [3.05, 3.63) is 94.0 Å². The van der Waals surface area contributed by atoms with Crippen molar-refractivity contribution in [2.24, 2.45) is 0 Å². The number of thioether (sulfide) groups is 1. The van der Waals surface area contributed by atoms with Gasteiger partial charge in [-0.05, 0) is 43.3 Å². The minimum absolute atomic E-state index is 0.0357. The molecule has 0 N–H and O–H groups in total. The van der Waals surface area contributed by atoms with E-state index in [1.807, 2.05) is 53.4 Å². The third-order valence-corrected chi connectivity index (χ3v) is 7.42. The molecule has 33 heavy (non-hydrogen) atoms. The molecule has 4 rings (SSSR count). The molecule has 1 amide bonds. The standard InChI is InChI=1S/C26H24Cl2N2O2S/c1-18-16-29(12-13-30(18)22-9-5-8-21(27)15-22)26(32)20-10-11-25(23(28)14-20)33-17-24(31)19-6-3-2-4-7-19/h2-11,14-15,18H,12-13,16-17H2,1H3/t18-/m0/s1. The lowest BCUT2D eigenvalue weighted by Gasteiger charge is -2.41. The van der Waals surface area contributed by atoms with Gasteiger partial charge in [0.05, 0.1) is 10.8 Å². The molecule has 0 unspecified atom stereocenters. The zero-order valence-electron chi connectivity index (χ0n) is 18.2. The second-order valence-corrected chi connectivity index (χ2v) is 9.86. The highest BCUT2D eigenvalue weighted by molar-refractivity contribution is 8.00. The highest BCUT2D eigenvalue weighted by atomic mass is 35.5. The van der Waals surface area contributed by atoms with Gasteiger partial charge < -0.3 is 9.80 Å². The van der Waals surface area contributed by atoms with E-state index in [1.54, 1.807) is 24.3 Å². The van der Waals surface area contributed by atoms with Crippen LogP contribution in [0.1, 0.15) is 27.6 Å². The predicted octanol–water partition coefficient (Wildman–Crippen LogP) is 6.32. The molecule has 170 valence electrons. The van der Waals surface area contributed by atoms with Crippen molar-refractivity contribution in [2.45, 2.75) is 17.9 Å². The number of benzene rings is 3. The Bertz CT molecular complexity index is 1160. The van der Waals surface area contributed by atoms with E-state index in [-0.39, 0.29) is 17.7 Å². The van der Waals surface area contributed by atoms with Crippen LogP contribution in [0.4, 0.5) is 5.69 Å². The van der Waals surface area contributed by atoms with Crippen LogP contribution in [0.3, 0.4) is 0 Å². The molecule has 1 saturated heterocycles. The number of Topliss-reactive ketones (excluding diaryl/α,β-unsaturated/α-hetero) is 1. The van der Waals surface area contributed by atoms with Gasteiger partial charge in [0.25, 0.3) is 5.91 Å². The number of amides is 1. The van der Waals surface area contributed by atoms with Crippen LogP contribution in [0.15, 0.2) is 77.7 Å². The molecule has 0 bridgehead atoms. The highest BCUT2D eigenvalue weighted by Gasteiger charge is 2.28. The van der Waals surface area contributed by atoms with Gasteiger partial charge in [-0.3, -0.25) is 9.59 Å². The zero-order valence-corrected chi connectivity index (χ0v) is 20.5. The fourth-order valence-corrected chi connectivity index (χ4v) is 5.31. The first-order valence-corrected chi connectivity index (χ1v) is 12.5. The fourth-order valence-electron chi connectivity index (χ4n) is 3.96. The average Bonchev–Trinajstić information content (AvgIpc) is 2.83. The molecule has 1 aliphatic rings.